The topological polar surface area (TPSA) is 133 Å². The standard InChI is InChI=1S/C38H54N6O4S/c45-35(7-2-1-6-34-37-33(25-49-34)43-38(47)44-37)40-18-20-48-21-19-41-36(46)13-8-26-4-3-5-30(22-26)28-9-11-29(12-10-28)31-23-32(31)42-24-27-14-16-39-17-15-27/h3-5,9-12,22,27,31-34,37,39,42H,1-2,6-8,13-21,23-25H2,(H,40,45)(H,41,46)(H2,43,44,47)/t31-,32-,33+,34+,37+/m1/s1. The van der Waals surface area contributed by atoms with Gasteiger partial charge in [-0.25, -0.2) is 4.79 Å². The van der Waals surface area contributed by atoms with Crippen LogP contribution in [0.15, 0.2) is 48.5 Å². The van der Waals surface area contributed by atoms with Gasteiger partial charge in [0.1, 0.15) is 0 Å². The number of nitrogens with one attached hydrogen (secondary N) is 6. The van der Waals surface area contributed by atoms with Crippen LogP contribution in [0.3, 0.4) is 0 Å². The molecule has 1 aliphatic carbocycles. The Morgan fingerprint density at radius 1 is 0.898 bits per heavy atom. The number of carbonyl (C=O) groups is 3. The van der Waals surface area contributed by atoms with Gasteiger partial charge in [0.15, 0.2) is 0 Å². The Morgan fingerprint density at radius 3 is 2.47 bits per heavy atom. The number of carbonyl (C=O) groups excluding carboxylic acids is 3. The second-order valence-corrected chi connectivity index (χ2v) is 15.3. The van der Waals surface area contributed by atoms with E-state index in [1.54, 1.807) is 0 Å². The third-order valence-electron chi connectivity index (χ3n) is 10.4. The van der Waals surface area contributed by atoms with Crippen LogP contribution >= 0.6 is 11.8 Å². The fraction of sp³-hybridized carbons (Fsp3) is 0.605. The van der Waals surface area contributed by atoms with E-state index >= 15 is 0 Å². The number of benzene rings is 2. The van der Waals surface area contributed by atoms with Gasteiger partial charge in [-0.05, 0) is 86.3 Å². The summed E-state index contributed by atoms with van der Waals surface area (Å²) < 4.78 is 5.60. The molecule has 0 spiro atoms. The molecule has 3 aliphatic heterocycles. The molecule has 6 N–H and O–H groups in total. The van der Waals surface area contributed by atoms with Crippen LogP contribution in [-0.2, 0) is 20.7 Å². The van der Waals surface area contributed by atoms with E-state index in [4.69, 9.17) is 4.74 Å². The summed E-state index contributed by atoms with van der Waals surface area (Å²) in [6, 6.07) is 18.5. The molecule has 0 radical (unpaired) electrons. The molecule has 0 unspecified atom stereocenters. The van der Waals surface area contributed by atoms with Crippen molar-refractivity contribution in [3.8, 4) is 11.1 Å². The monoisotopic (exact) mass is 690 g/mol. The molecule has 5 atom stereocenters. The molecule has 1 saturated carbocycles. The minimum atomic E-state index is -0.0590. The maximum atomic E-state index is 12.4. The summed E-state index contributed by atoms with van der Waals surface area (Å²) in [5.74, 6) is 2.45. The van der Waals surface area contributed by atoms with Gasteiger partial charge >= 0.3 is 6.03 Å². The van der Waals surface area contributed by atoms with Gasteiger partial charge in [0.2, 0.25) is 11.8 Å². The largest absolute Gasteiger partial charge is 0.378 e. The van der Waals surface area contributed by atoms with Crippen LogP contribution in [0.1, 0.15) is 68.4 Å². The molecular formula is C38H54N6O4S. The second-order valence-electron chi connectivity index (χ2n) is 14.1. The summed E-state index contributed by atoms with van der Waals surface area (Å²) in [6.45, 7) is 5.20. The molecule has 4 aliphatic rings. The highest BCUT2D eigenvalue weighted by Gasteiger charge is 2.42. The van der Waals surface area contributed by atoms with Crippen molar-refractivity contribution in [1.29, 1.82) is 0 Å². The number of ether oxygens (including phenoxy) is 1. The number of unbranched alkanes of at least 4 members (excludes halogenated alkanes) is 1. The summed E-state index contributed by atoms with van der Waals surface area (Å²) in [7, 11) is 0. The Bertz CT molecular complexity index is 1390. The van der Waals surface area contributed by atoms with E-state index in [-0.39, 0.29) is 29.9 Å². The molecule has 4 amide bonds. The maximum Gasteiger partial charge on any atom is 0.315 e. The number of piperidine rings is 1. The van der Waals surface area contributed by atoms with E-state index in [0.717, 1.165) is 56.1 Å². The molecule has 4 fully saturated rings. The van der Waals surface area contributed by atoms with E-state index in [1.807, 2.05) is 11.8 Å². The highest BCUT2D eigenvalue weighted by atomic mass is 32.2. The Hall–Kier alpha value is -3.12. The van der Waals surface area contributed by atoms with Crippen molar-refractivity contribution in [2.24, 2.45) is 5.92 Å². The van der Waals surface area contributed by atoms with Gasteiger partial charge in [-0.2, -0.15) is 11.8 Å². The highest BCUT2D eigenvalue weighted by Crippen LogP contribution is 2.41. The predicted molar refractivity (Wildman–Crippen MR) is 196 cm³/mol. The van der Waals surface area contributed by atoms with Crippen LogP contribution < -0.4 is 31.9 Å². The van der Waals surface area contributed by atoms with Gasteiger partial charge in [0, 0.05) is 48.9 Å². The molecule has 0 aromatic heterocycles. The summed E-state index contributed by atoms with van der Waals surface area (Å²) in [5.41, 5.74) is 4.96. The molecule has 6 rings (SSSR count). The Kier molecular flexibility index (Phi) is 13.3. The first-order valence-corrected chi connectivity index (χ1v) is 19.5. The number of rotatable bonds is 19. The summed E-state index contributed by atoms with van der Waals surface area (Å²) in [5, 5.41) is 19.5. The van der Waals surface area contributed by atoms with Crippen molar-refractivity contribution in [3.63, 3.8) is 0 Å². The summed E-state index contributed by atoms with van der Waals surface area (Å²) in [4.78, 5) is 36.1. The van der Waals surface area contributed by atoms with E-state index in [2.05, 4.69) is 80.4 Å². The zero-order chi connectivity index (χ0) is 33.8. The average Bonchev–Trinajstić information content (AvgIpc) is 3.68. The van der Waals surface area contributed by atoms with Gasteiger partial charge in [0.05, 0.1) is 25.3 Å². The predicted octanol–water partition coefficient (Wildman–Crippen LogP) is 3.71. The van der Waals surface area contributed by atoms with Crippen molar-refractivity contribution in [3.05, 3.63) is 59.7 Å². The zero-order valence-electron chi connectivity index (χ0n) is 28.6. The van der Waals surface area contributed by atoms with Crippen molar-refractivity contribution in [2.45, 2.75) is 87.1 Å². The number of fused-ring (bicyclic) bond motifs is 1. The number of aryl methyl sites for hydroxylation is 1. The lowest BCUT2D eigenvalue weighted by atomic mass is 9.98. The quantitative estimate of drug-likeness (QED) is 0.0979. The molecule has 49 heavy (non-hydrogen) atoms. The highest BCUT2D eigenvalue weighted by molar-refractivity contribution is 8.00. The van der Waals surface area contributed by atoms with Crippen LogP contribution in [0.25, 0.3) is 11.1 Å². The maximum absolute atomic E-state index is 12.4. The first-order valence-electron chi connectivity index (χ1n) is 18.4. The molecule has 2 aromatic rings. The lowest BCUT2D eigenvalue weighted by molar-refractivity contribution is -0.121. The van der Waals surface area contributed by atoms with Crippen molar-refractivity contribution in [1.82, 2.24) is 31.9 Å². The number of urea groups is 1. The molecule has 0 bridgehead atoms. The van der Waals surface area contributed by atoms with Crippen LogP contribution in [0, 0.1) is 5.92 Å². The third kappa shape index (κ3) is 10.9. The molecule has 10 nitrogen and oxygen atoms in total. The van der Waals surface area contributed by atoms with Gasteiger partial charge in [0.25, 0.3) is 0 Å². The number of hydrogen-bond donors (Lipinski definition) is 6. The molecule has 2 aromatic carbocycles. The van der Waals surface area contributed by atoms with E-state index in [9.17, 15) is 14.4 Å². The van der Waals surface area contributed by atoms with Crippen molar-refractivity contribution >= 4 is 29.6 Å². The molecule has 3 heterocycles. The third-order valence-corrected chi connectivity index (χ3v) is 11.9. The van der Waals surface area contributed by atoms with E-state index in [0.29, 0.717) is 62.8 Å². The molecular weight excluding hydrogens is 637 g/mol. The van der Waals surface area contributed by atoms with E-state index in [1.165, 1.54) is 36.0 Å². The van der Waals surface area contributed by atoms with Gasteiger partial charge in [-0.1, -0.05) is 55.0 Å². The smallest absolute Gasteiger partial charge is 0.315 e. The van der Waals surface area contributed by atoms with Gasteiger partial charge < -0.3 is 36.6 Å². The normalized spacial score (nSPS) is 24.6. The fourth-order valence-electron chi connectivity index (χ4n) is 7.36. The number of hydrogen-bond acceptors (Lipinski definition) is 7. The second kappa shape index (κ2) is 18.2. The Balaban J connectivity index is 0.781. The minimum Gasteiger partial charge on any atom is -0.378 e. The Morgan fingerprint density at radius 2 is 1.67 bits per heavy atom. The van der Waals surface area contributed by atoms with Crippen LogP contribution in [0.2, 0.25) is 0 Å². The fourth-order valence-corrected chi connectivity index (χ4v) is 8.90. The molecule has 11 heteroatoms. The lowest BCUT2D eigenvalue weighted by Crippen LogP contribution is -2.36. The van der Waals surface area contributed by atoms with Gasteiger partial charge in [-0.15, -0.1) is 0 Å². The Labute approximate surface area is 295 Å². The van der Waals surface area contributed by atoms with Crippen molar-refractivity contribution < 1.29 is 19.1 Å². The first-order chi connectivity index (χ1) is 24.0. The number of thioether (sulfide) groups is 1. The van der Waals surface area contributed by atoms with Crippen LogP contribution in [0.4, 0.5) is 4.79 Å². The number of amides is 4. The lowest BCUT2D eigenvalue weighted by Gasteiger charge is -2.22. The summed E-state index contributed by atoms with van der Waals surface area (Å²) >= 11 is 1.90. The van der Waals surface area contributed by atoms with E-state index < -0.39 is 0 Å². The zero-order valence-corrected chi connectivity index (χ0v) is 29.5. The van der Waals surface area contributed by atoms with Gasteiger partial charge in [-0.3, -0.25) is 9.59 Å². The first kappa shape index (κ1) is 35.7. The average molecular weight is 691 g/mol. The van der Waals surface area contributed by atoms with Crippen LogP contribution in [0.5, 0.6) is 0 Å². The van der Waals surface area contributed by atoms with Crippen molar-refractivity contribution in [2.75, 3.05) is 51.7 Å². The molecule has 266 valence electrons. The SMILES string of the molecule is O=C(CCCC[C@@H]1SC[C@@H]2NC(=O)N[C@@H]21)NCCOCCNC(=O)CCc1cccc(-c2ccc([C@H]3C[C@H]3NCC3CCNCC3)cc2)c1. The summed E-state index contributed by atoms with van der Waals surface area (Å²) in [6.07, 6.45) is 8.23. The van der Waals surface area contributed by atoms with Crippen LogP contribution in [-0.4, -0.2) is 92.9 Å². The minimum absolute atomic E-state index is 0.0116. The molecule has 3 saturated heterocycles.